The maximum atomic E-state index is 11.2. The molecule has 3 rings (SSSR count). The third kappa shape index (κ3) is 2.80. The molecule has 106 valence electrons. The minimum absolute atomic E-state index is 0.0348. The monoisotopic (exact) mass is 301 g/mol. The quantitative estimate of drug-likeness (QED) is 0.648. The van der Waals surface area contributed by atoms with Crippen molar-refractivity contribution in [3.05, 3.63) is 47.0 Å². The maximum absolute atomic E-state index is 11.2. The van der Waals surface area contributed by atoms with Crippen molar-refractivity contribution in [3.63, 3.8) is 0 Å². The number of halogens is 1. The van der Waals surface area contributed by atoms with Crippen LogP contribution in [0.4, 0.5) is 11.5 Å². The molecule has 1 amide bonds. The molecule has 0 atom stereocenters. The van der Waals surface area contributed by atoms with Crippen molar-refractivity contribution >= 4 is 39.9 Å². The lowest BCUT2D eigenvalue weighted by Gasteiger charge is -2.07. The predicted molar refractivity (Wildman–Crippen MR) is 81.9 cm³/mol. The van der Waals surface area contributed by atoms with Gasteiger partial charge >= 0.3 is 0 Å². The third-order valence-electron chi connectivity index (χ3n) is 2.98. The van der Waals surface area contributed by atoms with E-state index in [9.17, 15) is 4.79 Å². The maximum Gasteiger partial charge on any atom is 0.267 e. The van der Waals surface area contributed by atoms with Crippen molar-refractivity contribution in [1.29, 1.82) is 0 Å². The van der Waals surface area contributed by atoms with E-state index in [1.807, 2.05) is 31.2 Å². The van der Waals surface area contributed by atoms with Gasteiger partial charge in [-0.05, 0) is 42.8 Å². The Morgan fingerprint density at radius 2 is 2.10 bits per heavy atom. The third-order valence-corrected chi connectivity index (χ3v) is 3.15. The molecule has 0 saturated carbocycles. The summed E-state index contributed by atoms with van der Waals surface area (Å²) in [6.07, 6.45) is 0. The molecule has 0 spiro atoms. The summed E-state index contributed by atoms with van der Waals surface area (Å²) < 4.78 is 0. The van der Waals surface area contributed by atoms with E-state index in [1.165, 1.54) is 6.07 Å². The molecule has 0 aliphatic rings. The van der Waals surface area contributed by atoms with E-state index in [0.717, 1.165) is 22.3 Å². The smallest absolute Gasteiger partial charge is 0.267 e. The highest BCUT2D eigenvalue weighted by atomic mass is 35.5. The Morgan fingerprint density at radius 1 is 1.29 bits per heavy atom. The van der Waals surface area contributed by atoms with Gasteiger partial charge in [0.25, 0.3) is 5.91 Å². The number of aromatic nitrogens is 3. The lowest BCUT2D eigenvalue weighted by atomic mass is 10.2. The lowest BCUT2D eigenvalue weighted by Crippen LogP contribution is -2.14. The number of benzene rings is 1. The number of carbonyl (C=O) groups excluding carboxylic acids is 1. The molecule has 0 bridgehead atoms. The highest BCUT2D eigenvalue weighted by molar-refractivity contribution is 6.28. The van der Waals surface area contributed by atoms with Crippen LogP contribution in [0.5, 0.6) is 0 Å². The van der Waals surface area contributed by atoms with Gasteiger partial charge in [0.2, 0.25) is 5.28 Å². The number of carbonyl (C=O) groups is 1. The highest BCUT2D eigenvalue weighted by Crippen LogP contribution is 2.22. The van der Waals surface area contributed by atoms with E-state index >= 15 is 0 Å². The number of aromatic amines is 1. The van der Waals surface area contributed by atoms with Crippen molar-refractivity contribution < 1.29 is 4.79 Å². The average Bonchev–Trinajstić information content (AvgIpc) is 2.77. The van der Waals surface area contributed by atoms with Gasteiger partial charge in [0.05, 0.1) is 0 Å². The first-order valence-corrected chi connectivity index (χ1v) is 6.60. The summed E-state index contributed by atoms with van der Waals surface area (Å²) in [5.74, 6) is -0.241. The van der Waals surface area contributed by atoms with Crippen LogP contribution in [0.25, 0.3) is 10.9 Å². The molecule has 7 heteroatoms. The molecule has 0 aliphatic carbocycles. The van der Waals surface area contributed by atoms with Crippen LogP contribution in [0.15, 0.2) is 30.3 Å². The SMILES string of the molecule is Cc1cc2cc(Nc3cc(C(N)=O)nc(Cl)n3)ccc2[nH]1. The molecule has 1 aromatic carbocycles. The molecular weight excluding hydrogens is 290 g/mol. The lowest BCUT2D eigenvalue weighted by molar-refractivity contribution is 0.0995. The molecule has 2 heterocycles. The second-order valence-corrected chi connectivity index (χ2v) is 4.99. The average molecular weight is 302 g/mol. The van der Waals surface area contributed by atoms with E-state index in [2.05, 4.69) is 20.3 Å². The Morgan fingerprint density at radius 3 is 2.86 bits per heavy atom. The number of hydrogen-bond acceptors (Lipinski definition) is 4. The van der Waals surface area contributed by atoms with Crippen LogP contribution in [-0.4, -0.2) is 20.9 Å². The molecule has 0 aliphatic heterocycles. The zero-order valence-electron chi connectivity index (χ0n) is 11.1. The number of amides is 1. The van der Waals surface area contributed by atoms with Gasteiger partial charge in [0, 0.05) is 28.4 Å². The summed E-state index contributed by atoms with van der Waals surface area (Å²) in [6.45, 7) is 2.00. The van der Waals surface area contributed by atoms with Crippen molar-refractivity contribution in [2.75, 3.05) is 5.32 Å². The standard InChI is InChI=1S/C14H12ClN5O/c1-7-4-8-5-9(2-3-10(8)17-7)18-12-6-11(13(16)21)19-14(15)20-12/h2-6,17H,1H3,(H2,16,21)(H,18,19,20). The summed E-state index contributed by atoms with van der Waals surface area (Å²) in [7, 11) is 0. The number of nitrogens with two attached hydrogens (primary N) is 1. The molecule has 3 aromatic rings. The Kier molecular flexibility index (Phi) is 3.23. The number of hydrogen-bond donors (Lipinski definition) is 3. The topological polar surface area (TPSA) is 96.7 Å². The zero-order valence-corrected chi connectivity index (χ0v) is 11.9. The van der Waals surface area contributed by atoms with Gasteiger partial charge in [-0.25, -0.2) is 9.97 Å². The van der Waals surface area contributed by atoms with Crippen LogP contribution in [0, 0.1) is 6.92 Å². The number of primary amides is 1. The zero-order chi connectivity index (χ0) is 15.0. The van der Waals surface area contributed by atoms with Gasteiger partial charge in [0.1, 0.15) is 11.5 Å². The molecule has 2 aromatic heterocycles. The van der Waals surface area contributed by atoms with E-state index in [-0.39, 0.29) is 11.0 Å². The largest absolute Gasteiger partial charge is 0.364 e. The predicted octanol–water partition coefficient (Wildman–Crippen LogP) is 2.76. The van der Waals surface area contributed by atoms with Gasteiger partial charge in [-0.3, -0.25) is 4.79 Å². The number of nitrogens with zero attached hydrogens (tertiary/aromatic N) is 2. The first-order chi connectivity index (χ1) is 10.0. The van der Waals surface area contributed by atoms with Gasteiger partial charge < -0.3 is 16.0 Å². The van der Waals surface area contributed by atoms with Crippen molar-refractivity contribution in [3.8, 4) is 0 Å². The van der Waals surface area contributed by atoms with Crippen LogP contribution in [0.2, 0.25) is 5.28 Å². The van der Waals surface area contributed by atoms with Crippen LogP contribution in [0.1, 0.15) is 16.2 Å². The number of H-pyrrole nitrogens is 1. The number of rotatable bonds is 3. The van der Waals surface area contributed by atoms with Crippen LogP contribution < -0.4 is 11.1 Å². The van der Waals surface area contributed by atoms with Gasteiger partial charge in [-0.1, -0.05) is 0 Å². The first kappa shape index (κ1) is 13.4. The number of nitrogens with one attached hydrogen (secondary N) is 2. The molecule has 0 unspecified atom stereocenters. The fraction of sp³-hybridized carbons (Fsp3) is 0.0714. The summed E-state index contributed by atoms with van der Waals surface area (Å²) in [6, 6.07) is 9.34. The summed E-state index contributed by atoms with van der Waals surface area (Å²) in [4.78, 5) is 22.2. The number of fused-ring (bicyclic) bond motifs is 1. The molecular formula is C14H12ClN5O. The highest BCUT2D eigenvalue weighted by Gasteiger charge is 2.08. The fourth-order valence-electron chi connectivity index (χ4n) is 2.11. The Bertz CT molecular complexity index is 842. The summed E-state index contributed by atoms with van der Waals surface area (Å²) >= 11 is 5.78. The van der Waals surface area contributed by atoms with Gasteiger partial charge in [-0.15, -0.1) is 0 Å². The van der Waals surface area contributed by atoms with Crippen molar-refractivity contribution in [2.24, 2.45) is 5.73 Å². The second-order valence-electron chi connectivity index (χ2n) is 4.65. The van der Waals surface area contributed by atoms with E-state index in [1.54, 1.807) is 0 Å². The van der Waals surface area contributed by atoms with E-state index < -0.39 is 5.91 Å². The Labute approximate surface area is 125 Å². The normalized spacial score (nSPS) is 10.8. The van der Waals surface area contributed by atoms with E-state index in [4.69, 9.17) is 17.3 Å². The van der Waals surface area contributed by atoms with Crippen molar-refractivity contribution in [2.45, 2.75) is 6.92 Å². The minimum atomic E-state index is -0.654. The molecule has 4 N–H and O–H groups in total. The van der Waals surface area contributed by atoms with Crippen LogP contribution in [0.3, 0.4) is 0 Å². The van der Waals surface area contributed by atoms with Crippen LogP contribution in [-0.2, 0) is 0 Å². The summed E-state index contributed by atoms with van der Waals surface area (Å²) in [5.41, 5.74) is 8.23. The Hall–Kier alpha value is -2.60. The molecule has 0 radical (unpaired) electrons. The van der Waals surface area contributed by atoms with E-state index in [0.29, 0.717) is 5.82 Å². The van der Waals surface area contributed by atoms with Crippen molar-refractivity contribution in [1.82, 2.24) is 15.0 Å². The first-order valence-electron chi connectivity index (χ1n) is 6.22. The summed E-state index contributed by atoms with van der Waals surface area (Å²) in [5, 5.41) is 4.13. The van der Waals surface area contributed by atoms with Gasteiger partial charge in [-0.2, -0.15) is 0 Å². The molecule has 21 heavy (non-hydrogen) atoms. The van der Waals surface area contributed by atoms with Gasteiger partial charge in [0.15, 0.2) is 0 Å². The second kappa shape index (κ2) is 5.06. The molecule has 6 nitrogen and oxygen atoms in total. The van der Waals surface area contributed by atoms with Crippen LogP contribution >= 0.6 is 11.6 Å². The molecule has 0 fully saturated rings. The number of aryl methyl sites for hydroxylation is 1. The molecule has 0 saturated heterocycles. The number of anilines is 2. The Balaban J connectivity index is 1.95. The fourth-order valence-corrected chi connectivity index (χ4v) is 2.29. The minimum Gasteiger partial charge on any atom is -0.364 e.